The monoisotopic (exact) mass is 398 g/mol. The summed E-state index contributed by atoms with van der Waals surface area (Å²) in [6.45, 7) is 0. The Morgan fingerprint density at radius 2 is 1.28 bits per heavy atom. The summed E-state index contributed by atoms with van der Waals surface area (Å²) in [6, 6.07) is 31.6. The summed E-state index contributed by atoms with van der Waals surface area (Å²) < 4.78 is 5.15. The van der Waals surface area contributed by atoms with Gasteiger partial charge in [0.25, 0.3) is 0 Å². The Labute approximate surface area is 171 Å². The number of allylic oxidation sites excluding steroid dienone is 1. The van der Waals surface area contributed by atoms with E-state index in [1.807, 2.05) is 24.3 Å². The number of benzene rings is 3. The first-order valence-corrected chi connectivity index (χ1v) is 11.3. The van der Waals surface area contributed by atoms with Crippen LogP contribution in [0.1, 0.15) is 17.0 Å². The van der Waals surface area contributed by atoms with Crippen molar-refractivity contribution in [2.24, 2.45) is 0 Å². The van der Waals surface area contributed by atoms with Gasteiger partial charge in [-0.05, 0) is 42.5 Å². The van der Waals surface area contributed by atoms with Crippen molar-refractivity contribution in [1.82, 2.24) is 4.98 Å². The maximum Gasteiger partial charge on any atom is 0.203 e. The number of hydrogen-bond acceptors (Lipinski definition) is 3. The van der Waals surface area contributed by atoms with Crippen LogP contribution in [0.15, 0.2) is 120 Å². The van der Waals surface area contributed by atoms with Gasteiger partial charge >= 0.3 is 0 Å². The number of nitrogens with zero attached hydrogens (tertiary/aromatic N) is 1. The quantitative estimate of drug-likeness (QED) is 0.333. The fourth-order valence-electron chi connectivity index (χ4n) is 3.47. The molecule has 0 aliphatic carbocycles. The SMILES string of the molecule is O=C(CC=C[P+](c1ccccc1)(c1ccccc1)c1ccccc1)c1cnco1. The molecule has 0 N–H and O–H groups in total. The molecular formula is C25H21NO2P+. The Morgan fingerprint density at radius 1 is 0.793 bits per heavy atom. The number of ketones is 1. The van der Waals surface area contributed by atoms with E-state index in [4.69, 9.17) is 4.42 Å². The zero-order valence-corrected chi connectivity index (χ0v) is 16.8. The van der Waals surface area contributed by atoms with E-state index < -0.39 is 7.26 Å². The number of carbonyl (C=O) groups is 1. The number of hydrogen-bond donors (Lipinski definition) is 0. The molecule has 0 radical (unpaired) electrons. The Bertz CT molecular complexity index is 979. The molecule has 0 spiro atoms. The van der Waals surface area contributed by atoms with Crippen molar-refractivity contribution in [1.29, 1.82) is 0 Å². The van der Waals surface area contributed by atoms with E-state index in [9.17, 15) is 4.79 Å². The highest BCUT2D eigenvalue weighted by atomic mass is 31.2. The van der Waals surface area contributed by atoms with Crippen molar-refractivity contribution in [2.45, 2.75) is 6.42 Å². The third-order valence-corrected chi connectivity index (χ3v) is 8.83. The van der Waals surface area contributed by atoms with E-state index in [0.29, 0.717) is 0 Å². The molecule has 0 saturated heterocycles. The molecule has 29 heavy (non-hydrogen) atoms. The van der Waals surface area contributed by atoms with Gasteiger partial charge in [0.1, 0.15) is 23.2 Å². The molecule has 4 heteroatoms. The van der Waals surface area contributed by atoms with Gasteiger partial charge < -0.3 is 4.42 Å². The highest BCUT2D eigenvalue weighted by molar-refractivity contribution is 7.98. The van der Waals surface area contributed by atoms with Crippen LogP contribution in [-0.4, -0.2) is 10.8 Å². The Kier molecular flexibility index (Phi) is 5.79. The molecule has 0 amide bonds. The zero-order chi connectivity index (χ0) is 19.9. The molecule has 3 nitrogen and oxygen atoms in total. The largest absolute Gasteiger partial charge is 0.440 e. The van der Waals surface area contributed by atoms with Gasteiger partial charge in [0.15, 0.2) is 12.2 Å². The molecule has 0 aliphatic heterocycles. The lowest BCUT2D eigenvalue weighted by molar-refractivity contribution is 0.0969. The minimum absolute atomic E-state index is 0.0777. The highest BCUT2D eigenvalue weighted by Crippen LogP contribution is 2.56. The maximum atomic E-state index is 12.4. The van der Waals surface area contributed by atoms with E-state index in [-0.39, 0.29) is 18.0 Å². The molecule has 1 aromatic heterocycles. The van der Waals surface area contributed by atoms with Crippen molar-refractivity contribution in [3.05, 3.63) is 121 Å². The summed E-state index contributed by atoms with van der Waals surface area (Å²) in [5, 5.41) is 3.75. The molecule has 142 valence electrons. The summed E-state index contributed by atoms with van der Waals surface area (Å²) in [7, 11) is -2.07. The molecule has 0 unspecified atom stereocenters. The van der Waals surface area contributed by atoms with Crippen molar-refractivity contribution >= 4 is 29.0 Å². The van der Waals surface area contributed by atoms with E-state index in [1.54, 1.807) is 0 Å². The van der Waals surface area contributed by atoms with Gasteiger partial charge in [-0.2, -0.15) is 0 Å². The Hall–Kier alpha value is -3.29. The molecule has 0 saturated carbocycles. The van der Waals surface area contributed by atoms with Crippen LogP contribution in [0, 0.1) is 0 Å². The van der Waals surface area contributed by atoms with Crippen molar-refractivity contribution in [2.75, 3.05) is 0 Å². The van der Waals surface area contributed by atoms with Crippen molar-refractivity contribution in [3.8, 4) is 0 Å². The molecule has 1 heterocycles. The van der Waals surface area contributed by atoms with Crippen LogP contribution < -0.4 is 15.9 Å². The van der Waals surface area contributed by atoms with E-state index in [0.717, 1.165) is 0 Å². The van der Waals surface area contributed by atoms with E-state index >= 15 is 0 Å². The van der Waals surface area contributed by atoms with Crippen LogP contribution in [0.5, 0.6) is 0 Å². The minimum atomic E-state index is -2.07. The lowest BCUT2D eigenvalue weighted by atomic mass is 10.2. The summed E-state index contributed by atoms with van der Waals surface area (Å²) in [5.41, 5.74) is 0. The second-order valence-corrected chi connectivity index (χ2v) is 9.90. The Balaban J connectivity index is 1.84. The van der Waals surface area contributed by atoms with Gasteiger partial charge in [0.2, 0.25) is 5.78 Å². The molecule has 4 aromatic rings. The standard InChI is InChI=1S/C25H21NO2P/c27-24(25-19-26-20-28-25)17-10-18-29(21-11-4-1-5-12-21,22-13-6-2-7-14-22)23-15-8-3-9-16-23/h1-16,18-20H,17H2/q+1. The van der Waals surface area contributed by atoms with Gasteiger partial charge in [-0.3, -0.25) is 4.79 Å². The summed E-state index contributed by atoms with van der Waals surface area (Å²) in [5.74, 6) is 2.45. The first kappa shape index (κ1) is 19.0. The average molecular weight is 398 g/mol. The van der Waals surface area contributed by atoms with Gasteiger partial charge in [-0.1, -0.05) is 54.6 Å². The predicted molar refractivity (Wildman–Crippen MR) is 120 cm³/mol. The van der Waals surface area contributed by atoms with Crippen LogP contribution in [0.3, 0.4) is 0 Å². The second-order valence-electron chi connectivity index (χ2n) is 6.61. The first-order chi connectivity index (χ1) is 14.3. The number of rotatable bonds is 7. The molecule has 3 aromatic carbocycles. The lowest BCUT2D eigenvalue weighted by Gasteiger charge is -2.24. The molecule has 0 atom stereocenters. The van der Waals surface area contributed by atoms with Gasteiger partial charge in [-0.25, -0.2) is 4.98 Å². The third-order valence-electron chi connectivity index (χ3n) is 4.83. The number of oxazole rings is 1. The minimum Gasteiger partial charge on any atom is -0.440 e. The van der Waals surface area contributed by atoms with Gasteiger partial charge in [0, 0.05) is 6.42 Å². The molecular weight excluding hydrogens is 377 g/mol. The highest BCUT2D eigenvalue weighted by Gasteiger charge is 2.43. The lowest BCUT2D eigenvalue weighted by Crippen LogP contribution is -2.29. The summed E-state index contributed by atoms with van der Waals surface area (Å²) in [4.78, 5) is 16.3. The summed E-state index contributed by atoms with van der Waals surface area (Å²) in [6.07, 6.45) is 4.99. The van der Waals surface area contributed by atoms with Gasteiger partial charge in [-0.15, -0.1) is 0 Å². The normalized spacial score (nSPS) is 11.6. The molecule has 0 aliphatic rings. The van der Waals surface area contributed by atoms with Crippen molar-refractivity contribution < 1.29 is 9.21 Å². The molecule has 0 bridgehead atoms. The smallest absolute Gasteiger partial charge is 0.203 e. The fraction of sp³-hybridized carbons (Fsp3) is 0.0400. The van der Waals surface area contributed by atoms with Crippen LogP contribution in [0.2, 0.25) is 0 Å². The second kappa shape index (κ2) is 8.81. The maximum absolute atomic E-state index is 12.4. The number of Topliss-reactive ketones (excluding diaryl/α,β-unsaturated/α-hetero) is 1. The van der Waals surface area contributed by atoms with E-state index in [2.05, 4.69) is 83.6 Å². The summed E-state index contributed by atoms with van der Waals surface area (Å²) >= 11 is 0. The fourth-order valence-corrected chi connectivity index (χ4v) is 7.23. The third kappa shape index (κ3) is 3.96. The van der Waals surface area contributed by atoms with E-state index in [1.165, 1.54) is 28.5 Å². The van der Waals surface area contributed by atoms with Gasteiger partial charge in [0.05, 0.1) is 12.0 Å². The first-order valence-electron chi connectivity index (χ1n) is 9.46. The van der Waals surface area contributed by atoms with Crippen LogP contribution in [0.4, 0.5) is 0 Å². The van der Waals surface area contributed by atoms with Crippen molar-refractivity contribution in [3.63, 3.8) is 0 Å². The molecule has 4 rings (SSSR count). The average Bonchev–Trinajstić information content (AvgIpc) is 3.34. The predicted octanol–water partition coefficient (Wildman–Crippen LogP) is 4.76. The molecule has 0 fully saturated rings. The Morgan fingerprint density at radius 3 is 1.69 bits per heavy atom. The van der Waals surface area contributed by atoms with Crippen LogP contribution in [-0.2, 0) is 0 Å². The topological polar surface area (TPSA) is 43.1 Å². The van der Waals surface area contributed by atoms with Crippen LogP contribution in [0.25, 0.3) is 0 Å². The number of carbonyl (C=O) groups excluding carboxylic acids is 1. The number of aromatic nitrogens is 1. The van der Waals surface area contributed by atoms with Crippen LogP contribution >= 0.6 is 7.26 Å². The zero-order valence-electron chi connectivity index (χ0n) is 15.9.